The van der Waals surface area contributed by atoms with Crippen molar-refractivity contribution in [1.29, 1.82) is 0 Å². The maximum absolute atomic E-state index is 5.82. The van der Waals surface area contributed by atoms with Crippen LogP contribution >= 0.6 is 31.9 Å². The number of ether oxygens (including phenoxy) is 1. The molecule has 0 spiro atoms. The van der Waals surface area contributed by atoms with Gasteiger partial charge in [-0.25, -0.2) is 0 Å². The Bertz CT molecular complexity index is 410. The average Bonchev–Trinajstić information content (AvgIpc) is 3.13. The van der Waals surface area contributed by atoms with E-state index in [1.54, 1.807) is 0 Å². The summed E-state index contributed by atoms with van der Waals surface area (Å²) in [6.45, 7) is 2.51. The van der Waals surface area contributed by atoms with Crippen molar-refractivity contribution in [3.8, 4) is 5.75 Å². The minimum absolute atomic E-state index is 0.684. The zero-order valence-electron chi connectivity index (χ0n) is 11.4. The van der Waals surface area contributed by atoms with Gasteiger partial charge in [-0.15, -0.1) is 0 Å². The third-order valence-electron chi connectivity index (χ3n) is 3.02. The van der Waals surface area contributed by atoms with Gasteiger partial charge in [-0.1, -0.05) is 0 Å². The van der Waals surface area contributed by atoms with Crippen LogP contribution < -0.4 is 10.1 Å². The minimum Gasteiger partial charge on any atom is -0.490 e. The first-order chi connectivity index (χ1) is 9.06. The van der Waals surface area contributed by atoms with Crippen LogP contribution in [0.1, 0.15) is 18.4 Å². The summed E-state index contributed by atoms with van der Waals surface area (Å²) in [5.74, 6) is 0.886. The molecule has 2 rings (SSSR count). The number of likely N-dealkylation sites (N-methyl/N-ethyl adjacent to an activating group) is 1. The fourth-order valence-electron chi connectivity index (χ4n) is 1.73. The van der Waals surface area contributed by atoms with Gasteiger partial charge in [-0.3, -0.25) is 0 Å². The van der Waals surface area contributed by atoms with Gasteiger partial charge < -0.3 is 15.0 Å². The highest BCUT2D eigenvalue weighted by Gasteiger charge is 2.20. The summed E-state index contributed by atoms with van der Waals surface area (Å²) in [6.07, 6.45) is 2.63. The molecule has 3 nitrogen and oxygen atoms in total. The second kappa shape index (κ2) is 7.07. The molecule has 0 aliphatic heterocycles. The maximum atomic E-state index is 5.82. The van der Waals surface area contributed by atoms with E-state index in [-0.39, 0.29) is 0 Å². The Kier molecular flexibility index (Phi) is 5.69. The largest absolute Gasteiger partial charge is 0.490 e. The molecule has 1 fully saturated rings. The lowest BCUT2D eigenvalue weighted by Crippen LogP contribution is -2.19. The van der Waals surface area contributed by atoms with E-state index >= 15 is 0 Å². The quantitative estimate of drug-likeness (QED) is 0.770. The second-order valence-electron chi connectivity index (χ2n) is 5.20. The average molecular weight is 392 g/mol. The summed E-state index contributed by atoms with van der Waals surface area (Å²) in [5, 5.41) is 3.52. The molecule has 106 valence electrons. The molecule has 0 radical (unpaired) electrons. The first kappa shape index (κ1) is 15.3. The van der Waals surface area contributed by atoms with Crippen molar-refractivity contribution in [2.45, 2.75) is 25.4 Å². The summed E-state index contributed by atoms with van der Waals surface area (Å²) in [7, 11) is 4.08. The molecule has 0 heterocycles. The zero-order valence-corrected chi connectivity index (χ0v) is 14.6. The molecule has 0 bridgehead atoms. The molecule has 0 saturated heterocycles. The fraction of sp³-hybridized carbons (Fsp3) is 0.571. The molecule has 1 aliphatic carbocycles. The van der Waals surface area contributed by atoms with Crippen molar-refractivity contribution in [1.82, 2.24) is 10.2 Å². The first-order valence-corrected chi connectivity index (χ1v) is 8.13. The van der Waals surface area contributed by atoms with E-state index in [1.807, 2.05) is 14.1 Å². The highest BCUT2D eigenvalue weighted by Crippen LogP contribution is 2.35. The van der Waals surface area contributed by atoms with E-state index < -0.39 is 0 Å². The van der Waals surface area contributed by atoms with Crippen LogP contribution in [0.4, 0.5) is 0 Å². The van der Waals surface area contributed by atoms with Gasteiger partial charge in [0, 0.05) is 19.1 Å². The molecule has 1 aliphatic rings. The van der Waals surface area contributed by atoms with Crippen molar-refractivity contribution in [3.05, 3.63) is 26.6 Å². The van der Waals surface area contributed by atoms with Gasteiger partial charge in [-0.05, 0) is 76.5 Å². The molecule has 1 aromatic rings. The van der Waals surface area contributed by atoms with Crippen molar-refractivity contribution >= 4 is 31.9 Å². The predicted molar refractivity (Wildman–Crippen MR) is 85.8 cm³/mol. The predicted octanol–water partition coefficient (Wildman–Crippen LogP) is 3.40. The number of nitrogens with zero attached hydrogens (tertiary/aromatic N) is 1. The van der Waals surface area contributed by atoms with Gasteiger partial charge >= 0.3 is 0 Å². The van der Waals surface area contributed by atoms with E-state index in [0.29, 0.717) is 6.61 Å². The first-order valence-electron chi connectivity index (χ1n) is 6.55. The standard InChI is InChI=1S/C14H20Br2N2O/c1-18(2)5-6-19-14-12(15)7-10(8-13(14)16)9-17-11-3-4-11/h7-8,11,17H,3-6,9H2,1-2H3. The number of nitrogens with one attached hydrogen (secondary N) is 1. The van der Waals surface area contributed by atoms with Crippen molar-refractivity contribution in [2.24, 2.45) is 0 Å². The topological polar surface area (TPSA) is 24.5 Å². The zero-order chi connectivity index (χ0) is 13.8. The van der Waals surface area contributed by atoms with Crippen LogP contribution in [0.3, 0.4) is 0 Å². The van der Waals surface area contributed by atoms with Gasteiger partial charge in [0.2, 0.25) is 0 Å². The lowest BCUT2D eigenvalue weighted by Gasteiger charge is -2.14. The monoisotopic (exact) mass is 390 g/mol. The number of rotatable bonds is 7. The third kappa shape index (κ3) is 5.06. The molecular weight excluding hydrogens is 372 g/mol. The highest BCUT2D eigenvalue weighted by molar-refractivity contribution is 9.11. The molecule has 19 heavy (non-hydrogen) atoms. The summed E-state index contributed by atoms with van der Waals surface area (Å²) < 4.78 is 7.83. The molecule has 1 aromatic carbocycles. The van der Waals surface area contributed by atoms with E-state index in [1.165, 1.54) is 18.4 Å². The van der Waals surface area contributed by atoms with Crippen LogP contribution in [0.2, 0.25) is 0 Å². The van der Waals surface area contributed by atoms with Gasteiger partial charge in [0.25, 0.3) is 0 Å². The number of hydrogen-bond donors (Lipinski definition) is 1. The Hall–Kier alpha value is -0.100. The molecule has 0 atom stereocenters. The molecule has 1 saturated carbocycles. The van der Waals surface area contributed by atoms with E-state index in [9.17, 15) is 0 Å². The Morgan fingerprint density at radius 2 is 1.89 bits per heavy atom. The molecular formula is C14H20Br2N2O. The molecule has 0 aromatic heterocycles. The third-order valence-corrected chi connectivity index (χ3v) is 4.19. The Morgan fingerprint density at radius 3 is 2.42 bits per heavy atom. The Morgan fingerprint density at radius 1 is 1.26 bits per heavy atom. The van der Waals surface area contributed by atoms with Crippen LogP contribution in [0.25, 0.3) is 0 Å². The molecule has 1 N–H and O–H groups in total. The smallest absolute Gasteiger partial charge is 0.147 e. The number of benzene rings is 1. The van der Waals surface area contributed by atoms with Crippen LogP contribution in [0.15, 0.2) is 21.1 Å². The summed E-state index contributed by atoms with van der Waals surface area (Å²) in [4.78, 5) is 2.11. The van der Waals surface area contributed by atoms with Crippen molar-refractivity contribution in [2.75, 3.05) is 27.2 Å². The van der Waals surface area contributed by atoms with E-state index in [4.69, 9.17) is 4.74 Å². The Balaban J connectivity index is 1.94. The van der Waals surface area contributed by atoms with Crippen LogP contribution in [0, 0.1) is 0 Å². The van der Waals surface area contributed by atoms with Gasteiger partial charge in [0.05, 0.1) is 8.95 Å². The normalized spacial score (nSPS) is 15.0. The summed E-state index contributed by atoms with van der Waals surface area (Å²) in [5.41, 5.74) is 1.27. The summed E-state index contributed by atoms with van der Waals surface area (Å²) >= 11 is 7.18. The SMILES string of the molecule is CN(C)CCOc1c(Br)cc(CNC2CC2)cc1Br. The Labute approximate surface area is 132 Å². The number of halogens is 2. The molecule has 5 heteroatoms. The second-order valence-corrected chi connectivity index (χ2v) is 6.90. The summed E-state index contributed by atoms with van der Waals surface area (Å²) in [6, 6.07) is 4.99. The van der Waals surface area contributed by atoms with Crippen LogP contribution in [0.5, 0.6) is 5.75 Å². The lowest BCUT2D eigenvalue weighted by molar-refractivity contribution is 0.259. The number of hydrogen-bond acceptors (Lipinski definition) is 3. The maximum Gasteiger partial charge on any atom is 0.147 e. The van der Waals surface area contributed by atoms with Crippen molar-refractivity contribution in [3.63, 3.8) is 0 Å². The highest BCUT2D eigenvalue weighted by atomic mass is 79.9. The van der Waals surface area contributed by atoms with E-state index in [2.05, 4.69) is 54.2 Å². The van der Waals surface area contributed by atoms with Gasteiger partial charge in [-0.2, -0.15) is 0 Å². The molecule has 0 amide bonds. The minimum atomic E-state index is 0.684. The lowest BCUT2D eigenvalue weighted by atomic mass is 10.2. The van der Waals surface area contributed by atoms with E-state index in [0.717, 1.165) is 33.8 Å². The van der Waals surface area contributed by atoms with Crippen LogP contribution in [-0.2, 0) is 6.54 Å². The molecule has 0 unspecified atom stereocenters. The fourth-order valence-corrected chi connectivity index (χ4v) is 3.24. The van der Waals surface area contributed by atoms with Gasteiger partial charge in [0.1, 0.15) is 12.4 Å². The van der Waals surface area contributed by atoms with Crippen LogP contribution in [-0.4, -0.2) is 38.2 Å². The van der Waals surface area contributed by atoms with Crippen molar-refractivity contribution < 1.29 is 4.74 Å². The van der Waals surface area contributed by atoms with Gasteiger partial charge in [0.15, 0.2) is 0 Å².